The van der Waals surface area contributed by atoms with Crippen LogP contribution in [-0.2, 0) is 22.7 Å². The summed E-state index contributed by atoms with van der Waals surface area (Å²) in [6.45, 7) is 7.75. The average Bonchev–Trinajstić information content (AvgIpc) is 4.02. The molecule has 0 unspecified atom stereocenters. The van der Waals surface area contributed by atoms with Crippen LogP contribution in [0.25, 0.3) is 22.1 Å². The minimum absolute atomic E-state index is 0.164. The van der Waals surface area contributed by atoms with Gasteiger partial charge in [0, 0.05) is 24.2 Å². The number of amides is 2. The van der Waals surface area contributed by atoms with Gasteiger partial charge in [0.25, 0.3) is 0 Å². The molecule has 2 aliphatic rings. The minimum atomic E-state index is -0.327. The number of aromatic nitrogens is 4. The number of H-pyrrole nitrogens is 2. The summed E-state index contributed by atoms with van der Waals surface area (Å²) in [5, 5.41) is 0. The zero-order valence-corrected chi connectivity index (χ0v) is 28.9. The predicted octanol–water partition coefficient (Wildman–Crippen LogP) is 8.59. The van der Waals surface area contributed by atoms with Gasteiger partial charge >= 0.3 is 12.2 Å². The Labute approximate surface area is 302 Å². The Kier molecular flexibility index (Phi) is 10.3. The van der Waals surface area contributed by atoms with E-state index in [1.54, 1.807) is 9.80 Å². The van der Waals surface area contributed by atoms with Crippen LogP contribution in [0.15, 0.2) is 110 Å². The number of hydrogen-bond donors (Lipinski definition) is 2. The number of carbonyl (C=O) groups excluding carboxylic acids is 2. The Hall–Kier alpha value is -6.34. The van der Waals surface area contributed by atoms with E-state index in [-0.39, 0.29) is 37.5 Å². The molecule has 52 heavy (non-hydrogen) atoms. The van der Waals surface area contributed by atoms with Gasteiger partial charge in [0.15, 0.2) is 0 Å². The number of likely N-dealkylation sites (tertiary alicyclic amines) is 2. The zero-order chi connectivity index (χ0) is 35.9. The quantitative estimate of drug-likeness (QED) is 0.133. The third-order valence-electron chi connectivity index (χ3n) is 9.37. The number of benzene rings is 4. The molecule has 2 amide bonds. The molecule has 2 fully saturated rings. The number of aromatic amines is 2. The maximum absolute atomic E-state index is 13.0. The molecule has 0 spiro atoms. The van der Waals surface area contributed by atoms with E-state index in [0.29, 0.717) is 13.1 Å². The second kappa shape index (κ2) is 15.7. The first-order valence-corrected chi connectivity index (χ1v) is 17.5. The number of imidazole rings is 2. The van der Waals surface area contributed by atoms with Gasteiger partial charge in [-0.25, -0.2) is 19.6 Å². The Balaban J connectivity index is 0.00000207. The molecule has 4 heterocycles. The number of ether oxygens (including phenoxy) is 2. The van der Waals surface area contributed by atoms with Crippen molar-refractivity contribution < 1.29 is 19.1 Å². The Morgan fingerprint density at radius 1 is 0.654 bits per heavy atom. The van der Waals surface area contributed by atoms with Crippen LogP contribution in [0.2, 0.25) is 0 Å². The predicted molar refractivity (Wildman–Crippen MR) is 200 cm³/mol. The van der Waals surface area contributed by atoms with Gasteiger partial charge in [0.1, 0.15) is 24.9 Å². The van der Waals surface area contributed by atoms with E-state index < -0.39 is 0 Å². The highest BCUT2D eigenvalue weighted by molar-refractivity contribution is 5.79. The van der Waals surface area contributed by atoms with Gasteiger partial charge < -0.3 is 19.4 Å². The van der Waals surface area contributed by atoms with Crippen LogP contribution in [0, 0.1) is 11.8 Å². The van der Waals surface area contributed by atoms with Crippen molar-refractivity contribution in [2.24, 2.45) is 0 Å². The molecule has 10 nitrogen and oxygen atoms in total. The van der Waals surface area contributed by atoms with Gasteiger partial charge in [0.05, 0.1) is 34.2 Å². The molecule has 2 atom stereocenters. The number of hydrogen-bond acceptors (Lipinski definition) is 6. The van der Waals surface area contributed by atoms with Gasteiger partial charge in [-0.1, -0.05) is 72.5 Å². The summed E-state index contributed by atoms with van der Waals surface area (Å²) in [5.74, 6) is 8.07. The van der Waals surface area contributed by atoms with Gasteiger partial charge in [-0.05, 0) is 73.2 Å². The van der Waals surface area contributed by atoms with Crippen molar-refractivity contribution in [3.05, 3.63) is 144 Å². The van der Waals surface area contributed by atoms with Gasteiger partial charge in [-0.2, -0.15) is 0 Å². The number of nitrogens with one attached hydrogen (secondary N) is 2. The molecule has 2 saturated heterocycles. The molecular formula is C42H40N6O4. The number of carbonyl (C=O) groups is 2. The van der Waals surface area contributed by atoms with Crippen LogP contribution in [0.3, 0.4) is 0 Å². The third kappa shape index (κ3) is 7.54. The van der Waals surface area contributed by atoms with Crippen LogP contribution in [0.1, 0.15) is 71.7 Å². The molecule has 0 saturated carbocycles. The number of rotatable bonds is 6. The second-order valence-corrected chi connectivity index (χ2v) is 12.7. The third-order valence-corrected chi connectivity index (χ3v) is 9.37. The van der Waals surface area contributed by atoms with Crippen molar-refractivity contribution in [3.63, 3.8) is 0 Å². The topological polar surface area (TPSA) is 116 Å². The standard InChI is InChI=1S/C40H36N6O4.C2H4/c47-39(49-25-29-9-3-1-4-10-29)45-21-7-13-35(45)37-41-31-19-17-27(23-33(31)43-37)15-16-28-18-20-32-34(24-28)44-38(42-32)36-14-8-22-46(36)40(48)50-26-30-11-5-2-6-12-30;1-2/h1-6,9-12,17-20,23-24,35-36H,7-8,13-14,21-22,25-26H2,(H,41,43)(H,42,44);1-2H2/t35-,36-;/m0./s1. The maximum Gasteiger partial charge on any atom is 0.410 e. The van der Waals surface area contributed by atoms with Crippen molar-refractivity contribution in [3.8, 4) is 11.8 Å². The fraction of sp³-hybridized carbons (Fsp3) is 0.238. The summed E-state index contributed by atoms with van der Waals surface area (Å²) in [6.07, 6.45) is 2.77. The Morgan fingerprint density at radius 2 is 1.08 bits per heavy atom. The molecule has 10 heteroatoms. The lowest BCUT2D eigenvalue weighted by molar-refractivity contribution is 0.0903. The fourth-order valence-corrected chi connectivity index (χ4v) is 6.82. The molecule has 262 valence electrons. The van der Waals surface area contributed by atoms with Crippen molar-refractivity contribution >= 4 is 34.3 Å². The van der Waals surface area contributed by atoms with Gasteiger partial charge in [-0.15, -0.1) is 13.2 Å². The highest BCUT2D eigenvalue weighted by Gasteiger charge is 2.34. The summed E-state index contributed by atoms with van der Waals surface area (Å²) < 4.78 is 11.2. The highest BCUT2D eigenvalue weighted by Crippen LogP contribution is 2.33. The second-order valence-electron chi connectivity index (χ2n) is 12.7. The first kappa shape index (κ1) is 34.1. The van der Waals surface area contributed by atoms with Gasteiger partial charge in [0.2, 0.25) is 0 Å². The van der Waals surface area contributed by atoms with E-state index in [0.717, 1.165) is 81.7 Å². The summed E-state index contributed by atoms with van der Waals surface area (Å²) in [7, 11) is 0. The fourth-order valence-electron chi connectivity index (χ4n) is 6.82. The first-order chi connectivity index (χ1) is 25.6. The lowest BCUT2D eigenvalue weighted by atomic mass is 10.1. The molecule has 0 aliphatic carbocycles. The highest BCUT2D eigenvalue weighted by atomic mass is 16.6. The van der Waals surface area contributed by atoms with E-state index in [2.05, 4.69) is 35.0 Å². The van der Waals surface area contributed by atoms with Crippen LogP contribution in [0.5, 0.6) is 0 Å². The van der Waals surface area contributed by atoms with Crippen LogP contribution in [0.4, 0.5) is 9.59 Å². The normalized spacial score (nSPS) is 16.6. The average molecular weight is 693 g/mol. The van der Waals surface area contributed by atoms with E-state index in [1.165, 1.54) is 0 Å². The molecular weight excluding hydrogens is 652 g/mol. The van der Waals surface area contributed by atoms with Crippen LogP contribution < -0.4 is 0 Å². The lowest BCUT2D eigenvalue weighted by Gasteiger charge is -2.22. The largest absolute Gasteiger partial charge is 0.445 e. The molecule has 0 bridgehead atoms. The molecule has 6 aromatic rings. The minimum Gasteiger partial charge on any atom is -0.445 e. The zero-order valence-electron chi connectivity index (χ0n) is 28.9. The van der Waals surface area contributed by atoms with Crippen molar-refractivity contribution in [2.75, 3.05) is 13.1 Å². The number of fused-ring (bicyclic) bond motifs is 2. The molecule has 8 rings (SSSR count). The van der Waals surface area contributed by atoms with E-state index in [1.807, 2.05) is 97.1 Å². The van der Waals surface area contributed by atoms with Crippen LogP contribution in [-0.4, -0.2) is 55.0 Å². The molecule has 2 N–H and O–H groups in total. The lowest BCUT2D eigenvalue weighted by Crippen LogP contribution is -2.31. The smallest absolute Gasteiger partial charge is 0.410 e. The monoisotopic (exact) mass is 692 g/mol. The summed E-state index contributed by atoms with van der Waals surface area (Å²) in [6, 6.07) is 30.9. The summed E-state index contributed by atoms with van der Waals surface area (Å²) in [5.41, 5.74) is 6.99. The van der Waals surface area contributed by atoms with Crippen molar-refractivity contribution in [1.29, 1.82) is 0 Å². The van der Waals surface area contributed by atoms with E-state index in [4.69, 9.17) is 19.4 Å². The Bertz CT molecular complexity index is 2080. The molecule has 4 aromatic carbocycles. The maximum atomic E-state index is 13.0. The van der Waals surface area contributed by atoms with Gasteiger partial charge in [-0.3, -0.25) is 9.80 Å². The number of nitrogens with zero attached hydrogens (tertiary/aromatic N) is 4. The van der Waals surface area contributed by atoms with Crippen molar-refractivity contribution in [1.82, 2.24) is 29.7 Å². The summed E-state index contributed by atoms with van der Waals surface area (Å²) >= 11 is 0. The van der Waals surface area contributed by atoms with E-state index >= 15 is 0 Å². The molecule has 2 aromatic heterocycles. The van der Waals surface area contributed by atoms with E-state index in [9.17, 15) is 9.59 Å². The van der Waals surface area contributed by atoms with Crippen LogP contribution >= 0.6 is 0 Å². The SMILES string of the molecule is C=C.O=C(OCc1ccccc1)N1CCC[C@H]1c1nc2ccc(C#Cc3ccc4nc([C@@H]5CCCN5C(=O)OCc5ccccc5)[nH]c4c3)cc2[nH]1. The molecule has 2 aliphatic heterocycles. The summed E-state index contributed by atoms with van der Waals surface area (Å²) in [4.78, 5) is 46.0. The van der Waals surface area contributed by atoms with Crippen molar-refractivity contribution in [2.45, 2.75) is 51.0 Å². The first-order valence-electron chi connectivity index (χ1n) is 17.5. The molecule has 0 radical (unpaired) electrons. The Morgan fingerprint density at radius 3 is 1.50 bits per heavy atom.